The Morgan fingerprint density at radius 1 is 0.957 bits per heavy atom. The van der Waals surface area contributed by atoms with Crippen LogP contribution < -0.4 is 22.1 Å². The van der Waals surface area contributed by atoms with Crippen molar-refractivity contribution in [2.24, 2.45) is 34.2 Å². The molecule has 5 atom stereocenters. The Hall–Kier alpha value is -3.78. The second kappa shape index (κ2) is 21.2. The van der Waals surface area contributed by atoms with Crippen molar-refractivity contribution in [1.29, 1.82) is 0 Å². The summed E-state index contributed by atoms with van der Waals surface area (Å²) in [6, 6.07) is 6.54. The fraction of sp³-hybridized carbons (Fsp3) is 0.606. The van der Waals surface area contributed by atoms with E-state index in [1.165, 1.54) is 18.9 Å². The quantitative estimate of drug-likeness (QED) is 0.0443. The van der Waals surface area contributed by atoms with Gasteiger partial charge >= 0.3 is 0 Å². The number of carbonyl (C=O) groups excluding carboxylic acids is 6. The average molecular weight is 677 g/mol. The van der Waals surface area contributed by atoms with Crippen LogP contribution >= 0.6 is 12.6 Å². The highest BCUT2D eigenvalue weighted by Crippen LogP contribution is 2.20. The van der Waals surface area contributed by atoms with Gasteiger partial charge < -0.3 is 32.1 Å². The SMILES string of the molecule is CCC(=O)[C@H](Cc1ccccc1)N(C)C(=O)[C@H](CO)CC(=O)[C@@H](NC(=O)[C@H](CCCN=C(N)N)CC(=O)[C@H](CS)NC(C)=O)C(C)C. The molecule has 0 saturated carbocycles. The molecule has 7 N–H and O–H groups in total. The molecule has 0 spiro atoms. The summed E-state index contributed by atoms with van der Waals surface area (Å²) >= 11 is 4.15. The molecule has 0 unspecified atom stereocenters. The van der Waals surface area contributed by atoms with Gasteiger partial charge in [-0.25, -0.2) is 0 Å². The highest BCUT2D eigenvalue weighted by atomic mass is 32.1. The molecular formula is C33H52N6O7S. The van der Waals surface area contributed by atoms with E-state index in [9.17, 15) is 33.9 Å². The van der Waals surface area contributed by atoms with Gasteiger partial charge in [-0.3, -0.25) is 33.8 Å². The van der Waals surface area contributed by atoms with Crippen LogP contribution in [0.25, 0.3) is 0 Å². The van der Waals surface area contributed by atoms with E-state index in [2.05, 4.69) is 28.3 Å². The van der Waals surface area contributed by atoms with Crippen molar-refractivity contribution in [3.05, 3.63) is 35.9 Å². The number of carbonyl (C=O) groups is 6. The monoisotopic (exact) mass is 676 g/mol. The molecule has 262 valence electrons. The number of likely N-dealkylation sites (N-methyl/N-ethyl adjacent to an activating group) is 1. The molecule has 0 heterocycles. The van der Waals surface area contributed by atoms with E-state index in [0.717, 1.165) is 5.56 Å². The van der Waals surface area contributed by atoms with Gasteiger partial charge in [-0.2, -0.15) is 12.6 Å². The molecule has 0 aliphatic rings. The second-order valence-electron chi connectivity index (χ2n) is 12.0. The standard InChI is InChI=1S/C33H52N6O7S/c1-6-27(42)26(15-22-11-8-7-9-12-22)39(5)32(46)24(18-40)17-29(44)30(20(2)3)38-31(45)23(13-10-14-36-33(34)35)16-28(43)25(19-47)37-21(4)41/h7-9,11-12,20,23-26,30,40,47H,6,10,13-19H2,1-5H3,(H,37,41)(H,38,45)(H4,34,35,36)/t23-,24+,25+,26+,30+/m1/s1. The smallest absolute Gasteiger partial charge is 0.228 e. The van der Waals surface area contributed by atoms with Crippen LogP contribution in [-0.2, 0) is 35.2 Å². The molecule has 1 aromatic rings. The van der Waals surface area contributed by atoms with Gasteiger partial charge in [0.25, 0.3) is 0 Å². The van der Waals surface area contributed by atoms with Gasteiger partial charge in [0, 0.05) is 51.4 Å². The first kappa shape index (κ1) is 41.2. The number of ketones is 3. The molecule has 0 aliphatic heterocycles. The largest absolute Gasteiger partial charge is 0.396 e. The first-order valence-corrected chi connectivity index (χ1v) is 16.5. The van der Waals surface area contributed by atoms with Gasteiger partial charge in [0.15, 0.2) is 23.3 Å². The molecule has 1 aromatic carbocycles. The van der Waals surface area contributed by atoms with Crippen molar-refractivity contribution in [2.45, 2.75) is 84.3 Å². The number of hydrogen-bond acceptors (Lipinski definition) is 9. The number of aliphatic imine (C=N–C) groups is 1. The van der Waals surface area contributed by atoms with E-state index in [1.54, 1.807) is 20.8 Å². The molecule has 0 radical (unpaired) electrons. The van der Waals surface area contributed by atoms with Crippen molar-refractivity contribution in [3.8, 4) is 0 Å². The molecule has 0 saturated heterocycles. The van der Waals surface area contributed by atoms with Crippen LogP contribution in [0, 0.1) is 17.8 Å². The van der Waals surface area contributed by atoms with E-state index in [-0.39, 0.29) is 56.1 Å². The molecule has 14 heteroatoms. The van der Waals surface area contributed by atoms with Crippen LogP contribution in [0.5, 0.6) is 0 Å². The fourth-order valence-electron chi connectivity index (χ4n) is 5.20. The number of Topliss-reactive ketones (excluding diaryl/α,β-unsaturated/α-hetero) is 3. The van der Waals surface area contributed by atoms with Gasteiger partial charge in [-0.15, -0.1) is 0 Å². The molecule has 47 heavy (non-hydrogen) atoms. The Labute approximate surface area is 283 Å². The molecule has 1 rings (SSSR count). The van der Waals surface area contributed by atoms with E-state index in [4.69, 9.17) is 11.5 Å². The number of aliphatic hydroxyl groups excluding tert-OH is 1. The summed E-state index contributed by atoms with van der Waals surface area (Å²) in [5.74, 6) is -5.05. The summed E-state index contributed by atoms with van der Waals surface area (Å²) < 4.78 is 0. The number of amides is 3. The maximum atomic E-state index is 13.6. The minimum atomic E-state index is -1.14. The van der Waals surface area contributed by atoms with Crippen LogP contribution in [0.1, 0.15) is 65.4 Å². The summed E-state index contributed by atoms with van der Waals surface area (Å²) in [4.78, 5) is 83.3. The number of nitrogens with zero attached hydrogens (tertiary/aromatic N) is 2. The molecule has 3 amide bonds. The second-order valence-corrected chi connectivity index (χ2v) is 12.4. The van der Waals surface area contributed by atoms with Gasteiger partial charge in [-0.1, -0.05) is 51.1 Å². The summed E-state index contributed by atoms with van der Waals surface area (Å²) in [5, 5.41) is 15.5. The van der Waals surface area contributed by atoms with Crippen molar-refractivity contribution in [1.82, 2.24) is 15.5 Å². The van der Waals surface area contributed by atoms with Crippen molar-refractivity contribution >= 4 is 53.7 Å². The summed E-state index contributed by atoms with van der Waals surface area (Å²) in [6.07, 6.45) is 0.460. The zero-order valence-corrected chi connectivity index (χ0v) is 29.0. The third-order valence-electron chi connectivity index (χ3n) is 7.91. The highest BCUT2D eigenvalue weighted by molar-refractivity contribution is 7.80. The normalized spacial score (nSPS) is 14.2. The molecule has 0 bridgehead atoms. The minimum Gasteiger partial charge on any atom is -0.396 e. The number of thiol groups is 1. The van der Waals surface area contributed by atoms with Crippen LogP contribution in [0.2, 0.25) is 0 Å². The van der Waals surface area contributed by atoms with Gasteiger partial charge in [0.2, 0.25) is 17.7 Å². The lowest BCUT2D eigenvalue weighted by atomic mass is 9.89. The lowest BCUT2D eigenvalue weighted by Gasteiger charge is -2.31. The van der Waals surface area contributed by atoms with Gasteiger partial charge in [0.1, 0.15) is 0 Å². The average Bonchev–Trinajstić information content (AvgIpc) is 3.03. The Morgan fingerprint density at radius 2 is 1.57 bits per heavy atom. The van der Waals surface area contributed by atoms with Crippen molar-refractivity contribution < 1.29 is 33.9 Å². The summed E-state index contributed by atoms with van der Waals surface area (Å²) in [6.45, 7) is 6.02. The number of aliphatic hydroxyl groups is 1. The summed E-state index contributed by atoms with van der Waals surface area (Å²) in [5.41, 5.74) is 11.7. The molecule has 0 aromatic heterocycles. The number of benzene rings is 1. The topological polar surface area (TPSA) is 214 Å². The number of nitrogens with one attached hydrogen (secondary N) is 2. The van der Waals surface area contributed by atoms with Crippen LogP contribution in [-0.4, -0.2) is 95.1 Å². The number of nitrogens with two attached hydrogens (primary N) is 2. The van der Waals surface area contributed by atoms with Crippen LogP contribution in [0.4, 0.5) is 0 Å². The minimum absolute atomic E-state index is 0.0366. The van der Waals surface area contributed by atoms with Crippen molar-refractivity contribution in [3.63, 3.8) is 0 Å². The van der Waals surface area contributed by atoms with Crippen LogP contribution in [0.15, 0.2) is 35.3 Å². The maximum absolute atomic E-state index is 13.6. The Morgan fingerprint density at radius 3 is 2.09 bits per heavy atom. The number of hydrogen-bond donors (Lipinski definition) is 6. The maximum Gasteiger partial charge on any atom is 0.228 e. The zero-order valence-electron chi connectivity index (χ0n) is 28.1. The van der Waals surface area contributed by atoms with E-state index in [1.807, 2.05) is 30.3 Å². The first-order chi connectivity index (χ1) is 22.2. The van der Waals surface area contributed by atoms with E-state index in [0.29, 0.717) is 6.42 Å². The van der Waals surface area contributed by atoms with E-state index >= 15 is 0 Å². The Balaban J connectivity index is 3.15. The number of guanidine groups is 1. The lowest BCUT2D eigenvalue weighted by molar-refractivity contribution is -0.144. The third-order valence-corrected chi connectivity index (χ3v) is 8.27. The first-order valence-electron chi connectivity index (χ1n) is 15.9. The Kier molecular flexibility index (Phi) is 18.6. The third kappa shape index (κ3) is 14.3. The molecule has 0 fully saturated rings. The van der Waals surface area contributed by atoms with Gasteiger partial charge in [-0.05, 0) is 30.7 Å². The van der Waals surface area contributed by atoms with E-state index < -0.39 is 71.8 Å². The highest BCUT2D eigenvalue weighted by Gasteiger charge is 2.35. The van der Waals surface area contributed by atoms with Crippen molar-refractivity contribution in [2.75, 3.05) is 26.0 Å². The summed E-state index contributed by atoms with van der Waals surface area (Å²) in [7, 11) is 1.49. The predicted octanol–water partition coefficient (Wildman–Crippen LogP) is 0.807. The zero-order chi connectivity index (χ0) is 35.7. The molecule has 13 nitrogen and oxygen atoms in total. The van der Waals surface area contributed by atoms with Crippen LogP contribution in [0.3, 0.4) is 0 Å². The Bertz CT molecular complexity index is 1240. The number of rotatable bonds is 22. The lowest BCUT2D eigenvalue weighted by Crippen LogP contribution is -2.50. The van der Waals surface area contributed by atoms with Gasteiger partial charge in [0.05, 0.1) is 30.7 Å². The molecule has 0 aliphatic carbocycles. The predicted molar refractivity (Wildman–Crippen MR) is 183 cm³/mol. The fourth-order valence-corrected chi connectivity index (χ4v) is 5.50. The molecular weight excluding hydrogens is 624 g/mol.